The van der Waals surface area contributed by atoms with Crippen LogP contribution >= 0.6 is 15.9 Å². The first-order chi connectivity index (χ1) is 5.46. The van der Waals surface area contributed by atoms with E-state index in [0.29, 0.717) is 4.60 Å². The van der Waals surface area contributed by atoms with E-state index in [0.717, 1.165) is 0 Å². The summed E-state index contributed by atoms with van der Waals surface area (Å²) >= 11 is 3.14. The maximum absolute atomic E-state index is 10.8. The molecule has 0 aliphatic carbocycles. The van der Waals surface area contributed by atoms with Gasteiger partial charge in [0.15, 0.2) is 5.54 Å². The summed E-state index contributed by atoms with van der Waals surface area (Å²) in [5.74, 6) is -0.950. The Kier molecular flexibility index (Phi) is 2.18. The average molecular weight is 234 g/mol. The predicted octanol–water partition coefficient (Wildman–Crippen LogP) is 0.860. The highest BCUT2D eigenvalue weighted by Crippen LogP contribution is 2.19. The zero-order chi connectivity index (χ0) is 9.35. The lowest BCUT2D eigenvalue weighted by molar-refractivity contribution is -0.146. The molecule has 0 atom stereocenters. The van der Waals surface area contributed by atoms with Crippen molar-refractivity contribution in [3.8, 4) is 0 Å². The minimum atomic E-state index is -1.07. The highest BCUT2D eigenvalue weighted by atomic mass is 79.9. The van der Waals surface area contributed by atoms with Crippen molar-refractivity contribution in [2.45, 2.75) is 19.4 Å². The minimum Gasteiger partial charge on any atom is -0.479 e. The molecule has 1 N–H and O–H groups in total. The van der Waals surface area contributed by atoms with Crippen molar-refractivity contribution in [2.24, 2.45) is 0 Å². The van der Waals surface area contributed by atoms with Crippen LogP contribution < -0.4 is 0 Å². The van der Waals surface area contributed by atoms with Gasteiger partial charge in [0.05, 0.1) is 6.20 Å². The molecule has 1 heterocycles. The quantitative estimate of drug-likeness (QED) is 0.823. The molecule has 5 nitrogen and oxygen atoms in total. The molecule has 0 saturated heterocycles. The van der Waals surface area contributed by atoms with Gasteiger partial charge in [0.25, 0.3) is 0 Å². The molecule has 0 spiro atoms. The number of nitrogens with zero attached hydrogens (tertiary/aromatic N) is 3. The van der Waals surface area contributed by atoms with Gasteiger partial charge in [0.2, 0.25) is 0 Å². The van der Waals surface area contributed by atoms with Crippen molar-refractivity contribution in [3.63, 3.8) is 0 Å². The first-order valence-corrected chi connectivity index (χ1v) is 4.05. The van der Waals surface area contributed by atoms with Crippen LogP contribution in [0.1, 0.15) is 13.8 Å². The molecule has 0 radical (unpaired) electrons. The summed E-state index contributed by atoms with van der Waals surface area (Å²) in [5.41, 5.74) is -1.07. The van der Waals surface area contributed by atoms with Crippen molar-refractivity contribution in [2.75, 3.05) is 0 Å². The van der Waals surface area contributed by atoms with Crippen LogP contribution in [0.15, 0.2) is 10.8 Å². The second kappa shape index (κ2) is 2.85. The third-order valence-corrected chi connectivity index (χ3v) is 2.10. The van der Waals surface area contributed by atoms with Crippen molar-refractivity contribution in [1.29, 1.82) is 0 Å². The van der Waals surface area contributed by atoms with E-state index in [2.05, 4.69) is 26.2 Å². The molecule has 66 valence electrons. The van der Waals surface area contributed by atoms with Gasteiger partial charge in [-0.3, -0.25) is 0 Å². The van der Waals surface area contributed by atoms with Crippen molar-refractivity contribution >= 4 is 21.9 Å². The summed E-state index contributed by atoms with van der Waals surface area (Å²) in [7, 11) is 0. The molecule has 0 aliphatic rings. The van der Waals surface area contributed by atoms with Crippen LogP contribution in [-0.2, 0) is 10.3 Å². The number of rotatable bonds is 2. The Morgan fingerprint density at radius 3 is 2.67 bits per heavy atom. The van der Waals surface area contributed by atoms with E-state index in [-0.39, 0.29) is 0 Å². The van der Waals surface area contributed by atoms with Crippen LogP contribution in [0.5, 0.6) is 0 Å². The lowest BCUT2D eigenvalue weighted by Crippen LogP contribution is -2.36. The summed E-state index contributed by atoms with van der Waals surface area (Å²) in [4.78, 5) is 10.8. The number of hydrogen-bond donors (Lipinski definition) is 1. The Morgan fingerprint density at radius 2 is 2.33 bits per heavy atom. The van der Waals surface area contributed by atoms with Gasteiger partial charge < -0.3 is 5.11 Å². The van der Waals surface area contributed by atoms with Crippen molar-refractivity contribution in [1.82, 2.24) is 15.0 Å². The van der Waals surface area contributed by atoms with Crippen molar-refractivity contribution in [3.05, 3.63) is 10.8 Å². The molecule has 6 heteroatoms. The lowest BCUT2D eigenvalue weighted by Gasteiger charge is -2.19. The lowest BCUT2D eigenvalue weighted by atomic mass is 10.1. The van der Waals surface area contributed by atoms with E-state index in [9.17, 15) is 4.79 Å². The van der Waals surface area contributed by atoms with Gasteiger partial charge in [-0.05, 0) is 29.8 Å². The fourth-order valence-corrected chi connectivity index (χ4v) is 1.30. The number of halogens is 1. The van der Waals surface area contributed by atoms with Gasteiger partial charge in [0.1, 0.15) is 4.60 Å². The number of aromatic nitrogens is 3. The zero-order valence-electron chi connectivity index (χ0n) is 6.65. The van der Waals surface area contributed by atoms with Gasteiger partial charge in [-0.25, -0.2) is 9.48 Å². The second-order valence-corrected chi connectivity index (χ2v) is 3.65. The maximum atomic E-state index is 10.8. The Labute approximate surface area is 77.5 Å². The van der Waals surface area contributed by atoms with E-state index >= 15 is 0 Å². The normalized spacial score (nSPS) is 11.6. The molecule has 0 saturated carbocycles. The smallest absolute Gasteiger partial charge is 0.331 e. The minimum absolute atomic E-state index is 0.551. The van der Waals surface area contributed by atoms with Crippen LogP contribution in [0.3, 0.4) is 0 Å². The molecular formula is C6H8BrN3O2. The zero-order valence-corrected chi connectivity index (χ0v) is 8.24. The summed E-state index contributed by atoms with van der Waals surface area (Å²) in [6, 6.07) is 0. The Balaban J connectivity index is 3.13. The summed E-state index contributed by atoms with van der Waals surface area (Å²) in [5, 5.41) is 16.0. The Bertz CT molecular complexity index is 307. The topological polar surface area (TPSA) is 68.0 Å². The van der Waals surface area contributed by atoms with Gasteiger partial charge >= 0.3 is 5.97 Å². The van der Waals surface area contributed by atoms with Gasteiger partial charge in [-0.15, -0.1) is 5.10 Å². The first kappa shape index (κ1) is 9.18. The summed E-state index contributed by atoms with van der Waals surface area (Å²) < 4.78 is 1.85. The van der Waals surface area contributed by atoms with Crippen LogP contribution in [0.25, 0.3) is 0 Å². The van der Waals surface area contributed by atoms with Crippen LogP contribution in [0, 0.1) is 0 Å². The van der Waals surface area contributed by atoms with Gasteiger partial charge in [-0.2, -0.15) is 0 Å². The number of carboxylic acid groups (broad SMARTS) is 1. The first-order valence-electron chi connectivity index (χ1n) is 3.26. The number of hydrogen-bond acceptors (Lipinski definition) is 3. The third-order valence-electron chi connectivity index (χ3n) is 1.56. The molecular weight excluding hydrogens is 226 g/mol. The third kappa shape index (κ3) is 1.34. The molecule has 1 aromatic heterocycles. The maximum Gasteiger partial charge on any atom is 0.331 e. The summed E-state index contributed by atoms with van der Waals surface area (Å²) in [6.07, 6.45) is 1.45. The monoisotopic (exact) mass is 233 g/mol. The van der Waals surface area contributed by atoms with Crippen molar-refractivity contribution < 1.29 is 9.90 Å². The highest BCUT2D eigenvalue weighted by Gasteiger charge is 2.31. The SMILES string of the molecule is CC(C)(C(=O)O)n1nncc1Br. The number of carbonyl (C=O) groups is 1. The number of aliphatic carboxylic acids is 1. The molecule has 0 aliphatic heterocycles. The van der Waals surface area contributed by atoms with E-state index in [4.69, 9.17) is 5.11 Å². The molecule has 0 bridgehead atoms. The Hall–Kier alpha value is -0.910. The van der Waals surface area contributed by atoms with Crippen LogP contribution in [0.2, 0.25) is 0 Å². The van der Waals surface area contributed by atoms with E-state index in [1.165, 1.54) is 10.9 Å². The predicted molar refractivity (Wildman–Crippen MR) is 44.7 cm³/mol. The molecule has 1 rings (SSSR count). The fourth-order valence-electron chi connectivity index (χ4n) is 0.692. The van der Waals surface area contributed by atoms with E-state index in [1.807, 2.05) is 0 Å². The average Bonchev–Trinajstić information content (AvgIpc) is 2.35. The molecule has 12 heavy (non-hydrogen) atoms. The van der Waals surface area contributed by atoms with E-state index < -0.39 is 11.5 Å². The molecule has 1 aromatic rings. The standard InChI is InChI=1S/C6H8BrN3O2/c1-6(2,5(11)12)10-4(7)3-8-9-10/h3H,1-2H3,(H,11,12). The Morgan fingerprint density at radius 1 is 1.75 bits per heavy atom. The number of carboxylic acids is 1. The van der Waals surface area contributed by atoms with Crippen LogP contribution in [-0.4, -0.2) is 26.1 Å². The summed E-state index contributed by atoms with van der Waals surface area (Å²) in [6.45, 7) is 3.10. The molecule has 0 unspecified atom stereocenters. The molecule has 0 amide bonds. The van der Waals surface area contributed by atoms with Gasteiger partial charge in [-0.1, -0.05) is 5.21 Å². The fraction of sp³-hybridized carbons (Fsp3) is 0.500. The van der Waals surface area contributed by atoms with Gasteiger partial charge in [0, 0.05) is 0 Å². The van der Waals surface area contributed by atoms with E-state index in [1.54, 1.807) is 13.8 Å². The van der Waals surface area contributed by atoms with Crippen LogP contribution in [0.4, 0.5) is 0 Å². The highest BCUT2D eigenvalue weighted by molar-refractivity contribution is 9.10. The largest absolute Gasteiger partial charge is 0.479 e. The molecule has 0 fully saturated rings. The second-order valence-electron chi connectivity index (χ2n) is 2.83. The molecule has 0 aromatic carbocycles.